The van der Waals surface area contributed by atoms with Gasteiger partial charge in [0.05, 0.1) is 10.5 Å². The van der Waals surface area contributed by atoms with Crippen molar-refractivity contribution < 1.29 is 9.72 Å². The number of nitrogens with zero attached hydrogens (tertiary/aromatic N) is 1. The molecule has 0 spiro atoms. The number of hydrogen-bond donors (Lipinski definition) is 3. The zero-order chi connectivity index (χ0) is 14.8. The number of anilines is 1. The van der Waals surface area contributed by atoms with Gasteiger partial charge in [-0.2, -0.15) is 0 Å². The van der Waals surface area contributed by atoms with Crippen molar-refractivity contribution in [2.45, 2.75) is 31.2 Å². The van der Waals surface area contributed by atoms with Crippen LogP contribution in [0, 0.1) is 10.1 Å². The molecule has 5 N–H and O–H groups in total. The fraction of sp³-hybridized carbons (Fsp3) is 0.462. The maximum Gasteiger partial charge on any atom is 0.270 e. The first-order chi connectivity index (χ1) is 9.47. The van der Waals surface area contributed by atoms with Crippen molar-refractivity contribution in [3.8, 4) is 0 Å². The molecule has 7 heteroatoms. The van der Waals surface area contributed by atoms with Crippen LogP contribution < -0.4 is 16.8 Å². The Bertz CT molecular complexity index is 538. The molecule has 1 aromatic carbocycles. The molecule has 1 amide bonds. The monoisotopic (exact) mass is 278 g/mol. The topological polar surface area (TPSA) is 124 Å². The largest absolute Gasteiger partial charge is 0.378 e. The highest BCUT2D eigenvalue weighted by molar-refractivity contribution is 5.99. The van der Waals surface area contributed by atoms with Crippen LogP contribution in [0.2, 0.25) is 0 Å². The van der Waals surface area contributed by atoms with Gasteiger partial charge in [0.25, 0.3) is 11.6 Å². The zero-order valence-corrected chi connectivity index (χ0v) is 11.1. The minimum absolute atomic E-state index is 0.124. The van der Waals surface area contributed by atoms with Gasteiger partial charge in [-0.05, 0) is 18.9 Å². The molecule has 1 saturated carbocycles. The SMILES string of the molecule is NCC1(Nc2ccc([N+](=O)[O-])cc2C(N)=O)CCCC1. The molecule has 0 bridgehead atoms. The van der Waals surface area contributed by atoms with Crippen molar-refractivity contribution in [1.29, 1.82) is 0 Å². The Morgan fingerprint density at radius 1 is 1.40 bits per heavy atom. The van der Waals surface area contributed by atoms with Gasteiger partial charge in [0.2, 0.25) is 0 Å². The van der Waals surface area contributed by atoms with Crippen LogP contribution >= 0.6 is 0 Å². The minimum atomic E-state index is -0.693. The maximum absolute atomic E-state index is 11.5. The van der Waals surface area contributed by atoms with E-state index < -0.39 is 10.8 Å². The molecule has 0 aliphatic heterocycles. The molecule has 0 atom stereocenters. The average molecular weight is 278 g/mol. The summed E-state index contributed by atoms with van der Waals surface area (Å²) >= 11 is 0. The van der Waals surface area contributed by atoms with Crippen LogP contribution in [-0.2, 0) is 0 Å². The normalized spacial score (nSPS) is 16.9. The number of hydrogen-bond acceptors (Lipinski definition) is 5. The third kappa shape index (κ3) is 2.72. The highest BCUT2D eigenvalue weighted by Crippen LogP contribution is 2.34. The molecule has 0 aromatic heterocycles. The standard InChI is InChI=1S/C13H18N4O3/c14-8-13(5-1-2-6-13)16-11-4-3-9(17(19)20)7-10(11)12(15)18/h3-4,7,16H,1-2,5-6,8,14H2,(H2,15,18). The predicted molar refractivity (Wildman–Crippen MR) is 75.5 cm³/mol. The second kappa shape index (κ2) is 5.46. The van der Waals surface area contributed by atoms with E-state index in [0.717, 1.165) is 25.7 Å². The predicted octanol–water partition coefficient (Wildman–Crippen LogP) is 1.38. The number of benzene rings is 1. The van der Waals surface area contributed by atoms with E-state index in [0.29, 0.717) is 12.2 Å². The number of nitro groups is 1. The van der Waals surface area contributed by atoms with Gasteiger partial charge in [0, 0.05) is 29.9 Å². The molecule has 7 nitrogen and oxygen atoms in total. The fourth-order valence-electron chi connectivity index (χ4n) is 2.68. The maximum atomic E-state index is 11.5. The van der Waals surface area contributed by atoms with Crippen molar-refractivity contribution in [1.82, 2.24) is 0 Å². The lowest BCUT2D eigenvalue weighted by Crippen LogP contribution is -2.43. The van der Waals surface area contributed by atoms with Crippen molar-refractivity contribution in [3.05, 3.63) is 33.9 Å². The second-order valence-electron chi connectivity index (χ2n) is 5.17. The first-order valence-corrected chi connectivity index (χ1v) is 6.54. The number of non-ortho nitro benzene ring substituents is 1. The molecule has 0 heterocycles. The summed E-state index contributed by atoms with van der Waals surface area (Å²) in [4.78, 5) is 21.7. The van der Waals surface area contributed by atoms with Crippen molar-refractivity contribution in [2.75, 3.05) is 11.9 Å². The van der Waals surface area contributed by atoms with Crippen molar-refractivity contribution >= 4 is 17.3 Å². The molecule has 2 rings (SSSR count). The minimum Gasteiger partial charge on any atom is -0.378 e. The van der Waals surface area contributed by atoms with Crippen LogP contribution in [0.1, 0.15) is 36.0 Å². The van der Waals surface area contributed by atoms with Crippen LogP contribution in [0.15, 0.2) is 18.2 Å². The molecular weight excluding hydrogens is 260 g/mol. The summed E-state index contributed by atoms with van der Waals surface area (Å²) in [5.41, 5.74) is 11.4. The Hall–Kier alpha value is -2.15. The van der Waals surface area contributed by atoms with E-state index in [1.54, 1.807) is 0 Å². The van der Waals surface area contributed by atoms with Gasteiger partial charge in [0.1, 0.15) is 0 Å². The second-order valence-corrected chi connectivity index (χ2v) is 5.17. The Balaban J connectivity index is 2.35. The van der Waals surface area contributed by atoms with E-state index in [-0.39, 0.29) is 16.8 Å². The summed E-state index contributed by atoms with van der Waals surface area (Å²) in [7, 11) is 0. The van der Waals surface area contributed by atoms with Crippen LogP contribution in [0.5, 0.6) is 0 Å². The molecule has 20 heavy (non-hydrogen) atoms. The first-order valence-electron chi connectivity index (χ1n) is 6.54. The van der Waals surface area contributed by atoms with Gasteiger partial charge < -0.3 is 16.8 Å². The number of amides is 1. The van der Waals surface area contributed by atoms with Crippen LogP contribution in [0.4, 0.5) is 11.4 Å². The van der Waals surface area contributed by atoms with E-state index in [2.05, 4.69) is 5.32 Å². The summed E-state index contributed by atoms with van der Waals surface area (Å²) < 4.78 is 0. The first kappa shape index (κ1) is 14.3. The van der Waals surface area contributed by atoms with Crippen LogP contribution in [0.3, 0.4) is 0 Å². The van der Waals surface area contributed by atoms with Gasteiger partial charge in [-0.1, -0.05) is 12.8 Å². The molecular formula is C13H18N4O3. The van der Waals surface area contributed by atoms with E-state index in [1.165, 1.54) is 18.2 Å². The van der Waals surface area contributed by atoms with Crippen LogP contribution in [-0.4, -0.2) is 22.9 Å². The Morgan fingerprint density at radius 2 is 2.05 bits per heavy atom. The lowest BCUT2D eigenvalue weighted by Gasteiger charge is -2.30. The molecule has 0 saturated heterocycles. The van der Waals surface area contributed by atoms with E-state index in [1.807, 2.05) is 0 Å². The van der Waals surface area contributed by atoms with Crippen LogP contribution in [0.25, 0.3) is 0 Å². The summed E-state index contributed by atoms with van der Waals surface area (Å²) in [5.74, 6) is -0.693. The molecule has 108 valence electrons. The molecule has 0 radical (unpaired) electrons. The Morgan fingerprint density at radius 3 is 2.55 bits per heavy atom. The Labute approximate surface area is 116 Å². The Kier molecular flexibility index (Phi) is 3.89. The number of primary amides is 1. The lowest BCUT2D eigenvalue weighted by atomic mass is 9.96. The highest BCUT2D eigenvalue weighted by atomic mass is 16.6. The van der Waals surface area contributed by atoms with Gasteiger partial charge in [-0.3, -0.25) is 14.9 Å². The number of carbonyl (C=O) groups is 1. The smallest absolute Gasteiger partial charge is 0.270 e. The molecule has 1 aromatic rings. The summed E-state index contributed by atoms with van der Waals surface area (Å²) in [6.45, 7) is 0.447. The van der Waals surface area contributed by atoms with Crippen molar-refractivity contribution in [3.63, 3.8) is 0 Å². The van der Waals surface area contributed by atoms with E-state index >= 15 is 0 Å². The summed E-state index contributed by atoms with van der Waals surface area (Å²) in [6, 6.07) is 4.08. The molecule has 0 unspecified atom stereocenters. The molecule has 1 fully saturated rings. The van der Waals surface area contributed by atoms with Gasteiger partial charge in [-0.25, -0.2) is 0 Å². The van der Waals surface area contributed by atoms with E-state index in [9.17, 15) is 14.9 Å². The third-order valence-corrected chi connectivity index (χ3v) is 3.83. The summed E-state index contributed by atoms with van der Waals surface area (Å²) in [6.07, 6.45) is 3.98. The quantitative estimate of drug-likeness (QED) is 0.554. The highest BCUT2D eigenvalue weighted by Gasteiger charge is 2.33. The number of nitro benzene ring substituents is 1. The summed E-state index contributed by atoms with van der Waals surface area (Å²) in [5, 5.41) is 14.0. The van der Waals surface area contributed by atoms with Gasteiger partial charge in [-0.15, -0.1) is 0 Å². The fourth-order valence-corrected chi connectivity index (χ4v) is 2.68. The van der Waals surface area contributed by atoms with Crippen molar-refractivity contribution in [2.24, 2.45) is 11.5 Å². The van der Waals surface area contributed by atoms with Gasteiger partial charge >= 0.3 is 0 Å². The number of nitrogens with two attached hydrogens (primary N) is 2. The average Bonchev–Trinajstić information content (AvgIpc) is 2.88. The number of carbonyl (C=O) groups excluding carboxylic acids is 1. The molecule has 1 aliphatic rings. The lowest BCUT2D eigenvalue weighted by molar-refractivity contribution is -0.384. The number of nitrogens with one attached hydrogen (secondary N) is 1. The van der Waals surface area contributed by atoms with Gasteiger partial charge in [0.15, 0.2) is 0 Å². The molecule has 1 aliphatic carbocycles. The third-order valence-electron chi connectivity index (χ3n) is 3.83. The van der Waals surface area contributed by atoms with E-state index in [4.69, 9.17) is 11.5 Å². The number of rotatable bonds is 5. The zero-order valence-electron chi connectivity index (χ0n) is 11.1.